The van der Waals surface area contributed by atoms with E-state index in [1.807, 2.05) is 26.8 Å². The summed E-state index contributed by atoms with van der Waals surface area (Å²) < 4.78 is 28.9. The van der Waals surface area contributed by atoms with Crippen molar-refractivity contribution in [1.29, 1.82) is 5.26 Å². The summed E-state index contributed by atoms with van der Waals surface area (Å²) in [6.45, 7) is 7.69. The van der Waals surface area contributed by atoms with Gasteiger partial charge in [0.25, 0.3) is 0 Å². The number of halogens is 3. The number of likely N-dealkylation sites (N-methyl/N-ethyl adjacent to an activating group) is 1. The van der Waals surface area contributed by atoms with Crippen LogP contribution in [0.5, 0.6) is 5.88 Å². The summed E-state index contributed by atoms with van der Waals surface area (Å²) in [4.78, 5) is 21.9. The van der Waals surface area contributed by atoms with Gasteiger partial charge in [0.05, 0.1) is 19.8 Å². The largest absolute Gasteiger partial charge is 0.475 e. The molecular weight excluding hydrogens is 680 g/mol. The van der Waals surface area contributed by atoms with Crippen LogP contribution in [0.1, 0.15) is 58.4 Å². The van der Waals surface area contributed by atoms with E-state index >= 15 is 4.39 Å². The second kappa shape index (κ2) is 10.8. The van der Waals surface area contributed by atoms with Gasteiger partial charge in [0.2, 0.25) is 5.88 Å². The fourth-order valence-electron chi connectivity index (χ4n) is 5.95. The maximum absolute atomic E-state index is 15.8. The lowest BCUT2D eigenvalue weighted by molar-refractivity contribution is 0.0126. The van der Waals surface area contributed by atoms with Crippen molar-refractivity contribution in [3.8, 4) is 11.9 Å². The van der Waals surface area contributed by atoms with E-state index in [1.54, 1.807) is 4.90 Å². The molecule has 0 unspecified atom stereocenters. The third kappa shape index (κ3) is 5.53. The predicted molar refractivity (Wildman–Crippen MR) is 159 cm³/mol. The van der Waals surface area contributed by atoms with Crippen molar-refractivity contribution in [3.05, 3.63) is 25.5 Å². The van der Waals surface area contributed by atoms with Gasteiger partial charge in [0, 0.05) is 24.4 Å². The number of fused-ring (bicyclic) bond motifs is 2. The Hall–Kier alpha value is -1.91. The SMILES string of the molecule is CN1CCC[C@H]1COc1nc2c(F)c(Br)c(CCC#N)cc2c(NC23CC(CN2C(=O)OC(C)(C)C)C3)c1I. The minimum atomic E-state index is -0.624. The number of carbonyl (C=O) groups excluding carboxylic acids is 1. The van der Waals surface area contributed by atoms with Crippen molar-refractivity contribution in [1.82, 2.24) is 14.8 Å². The first-order chi connectivity index (χ1) is 18.4. The lowest BCUT2D eigenvalue weighted by atomic mass is 9.79. The van der Waals surface area contributed by atoms with Gasteiger partial charge in [-0.3, -0.25) is 4.90 Å². The number of nitriles is 1. The number of carbonyl (C=O) groups is 1. The average Bonchev–Trinajstić information content (AvgIpc) is 3.53. The molecule has 4 aliphatic rings. The Labute approximate surface area is 250 Å². The number of likely N-dealkylation sites (tertiary alicyclic amines) is 1. The van der Waals surface area contributed by atoms with Gasteiger partial charge in [-0.05, 0) is 123 Å². The van der Waals surface area contributed by atoms with E-state index < -0.39 is 17.1 Å². The number of amides is 1. The van der Waals surface area contributed by atoms with Crippen LogP contribution < -0.4 is 10.1 Å². The lowest BCUT2D eigenvalue weighted by Crippen LogP contribution is -2.55. The summed E-state index contributed by atoms with van der Waals surface area (Å²) in [6, 6.07) is 4.32. The third-order valence-electron chi connectivity index (χ3n) is 7.92. The molecule has 1 atom stereocenters. The van der Waals surface area contributed by atoms with Crippen LogP contribution in [0, 0.1) is 26.6 Å². The van der Waals surface area contributed by atoms with Crippen molar-refractivity contribution in [2.75, 3.05) is 32.1 Å². The number of anilines is 1. The van der Waals surface area contributed by atoms with Crippen LogP contribution in [-0.4, -0.2) is 64.9 Å². The monoisotopic (exact) mass is 713 g/mol. The van der Waals surface area contributed by atoms with Crippen LogP contribution in [0.4, 0.5) is 14.9 Å². The normalized spacial score (nSPS) is 24.5. The van der Waals surface area contributed by atoms with Gasteiger partial charge in [-0.15, -0.1) is 0 Å². The summed E-state index contributed by atoms with van der Waals surface area (Å²) in [7, 11) is 2.09. The lowest BCUT2D eigenvalue weighted by Gasteiger charge is -2.44. The zero-order valence-electron chi connectivity index (χ0n) is 22.7. The summed E-state index contributed by atoms with van der Waals surface area (Å²) in [5.41, 5.74) is 0.342. The molecule has 1 aromatic carbocycles. The van der Waals surface area contributed by atoms with Gasteiger partial charge in [0.1, 0.15) is 23.4 Å². The van der Waals surface area contributed by atoms with Gasteiger partial charge in [-0.25, -0.2) is 14.2 Å². The van der Waals surface area contributed by atoms with E-state index in [-0.39, 0.29) is 24.1 Å². The Bertz CT molecular complexity index is 1340. The number of rotatable bonds is 7. The van der Waals surface area contributed by atoms with Crippen LogP contribution >= 0.6 is 38.5 Å². The van der Waals surface area contributed by atoms with Crippen LogP contribution in [0.2, 0.25) is 0 Å². The number of nitrogens with zero attached hydrogens (tertiary/aromatic N) is 4. The molecule has 210 valence electrons. The predicted octanol–water partition coefficient (Wildman–Crippen LogP) is 6.44. The summed E-state index contributed by atoms with van der Waals surface area (Å²) in [5.74, 6) is 0.277. The molecule has 3 saturated heterocycles. The maximum Gasteiger partial charge on any atom is 0.412 e. The molecule has 1 amide bonds. The quantitative estimate of drug-likeness (QED) is 0.331. The second-order valence-electron chi connectivity index (χ2n) is 11.9. The van der Waals surface area contributed by atoms with E-state index in [4.69, 9.17) is 14.7 Å². The van der Waals surface area contributed by atoms with E-state index in [9.17, 15) is 4.79 Å². The maximum atomic E-state index is 15.8. The number of aromatic nitrogens is 1. The third-order valence-corrected chi connectivity index (χ3v) is 9.78. The molecule has 2 bridgehead atoms. The number of benzene rings is 1. The standard InChI is InChI=1S/C28H34BrFIN5O3/c1-27(2,3)39-26(37)36-14-16-12-28(36,13-16)34-24-19-11-17(7-5-9-32)20(29)21(30)23(19)33-25(22(24)31)38-15-18-8-6-10-35(18)4/h11,16,18H,5-8,10,12-15H2,1-4H3,(H,33,34)/t16?,18-,28?/m0/s1. The van der Waals surface area contributed by atoms with Crippen molar-refractivity contribution >= 4 is 61.2 Å². The minimum Gasteiger partial charge on any atom is -0.475 e. The van der Waals surface area contributed by atoms with Gasteiger partial charge in [-0.2, -0.15) is 5.26 Å². The number of ether oxygens (including phenoxy) is 2. The number of nitrogens with one attached hydrogen (secondary N) is 1. The molecule has 1 aromatic heterocycles. The Morgan fingerprint density at radius 1 is 1.41 bits per heavy atom. The molecule has 0 spiro atoms. The molecule has 6 rings (SSSR count). The molecular formula is C28H34BrFIN5O3. The van der Waals surface area contributed by atoms with Crippen molar-refractivity contribution in [2.45, 2.75) is 76.6 Å². The van der Waals surface area contributed by atoms with Gasteiger partial charge < -0.3 is 19.7 Å². The molecule has 0 radical (unpaired) electrons. The van der Waals surface area contributed by atoms with Crippen LogP contribution in [-0.2, 0) is 11.2 Å². The highest BCUT2D eigenvalue weighted by molar-refractivity contribution is 14.1. The van der Waals surface area contributed by atoms with Gasteiger partial charge in [0.15, 0.2) is 5.82 Å². The van der Waals surface area contributed by atoms with Crippen LogP contribution in [0.25, 0.3) is 10.9 Å². The number of hydrogen-bond acceptors (Lipinski definition) is 7. The highest BCUT2D eigenvalue weighted by Crippen LogP contribution is 2.52. The van der Waals surface area contributed by atoms with Crippen molar-refractivity contribution in [2.24, 2.45) is 5.92 Å². The Balaban J connectivity index is 1.56. The number of aryl methyl sites for hydroxylation is 1. The number of pyridine rings is 1. The summed E-state index contributed by atoms with van der Waals surface area (Å²) in [5, 5.41) is 13.4. The second-order valence-corrected chi connectivity index (χ2v) is 13.8. The first kappa shape index (κ1) is 28.6. The summed E-state index contributed by atoms with van der Waals surface area (Å²) >= 11 is 5.61. The topological polar surface area (TPSA) is 90.7 Å². The molecule has 3 aliphatic heterocycles. The minimum absolute atomic E-state index is 0.189. The smallest absolute Gasteiger partial charge is 0.412 e. The van der Waals surface area contributed by atoms with Gasteiger partial charge in [-0.1, -0.05) is 0 Å². The molecule has 8 nitrogen and oxygen atoms in total. The molecule has 1 saturated carbocycles. The van der Waals surface area contributed by atoms with Gasteiger partial charge >= 0.3 is 6.09 Å². The average molecular weight is 714 g/mol. The summed E-state index contributed by atoms with van der Waals surface area (Å²) in [6.07, 6.45) is 4.06. The molecule has 4 fully saturated rings. The fraction of sp³-hybridized carbons (Fsp3) is 0.607. The van der Waals surface area contributed by atoms with E-state index in [1.165, 1.54) is 0 Å². The number of hydrogen-bond donors (Lipinski definition) is 1. The molecule has 39 heavy (non-hydrogen) atoms. The molecule has 1 aliphatic carbocycles. The fourth-order valence-corrected chi connectivity index (χ4v) is 7.15. The first-order valence-corrected chi connectivity index (χ1v) is 15.3. The first-order valence-electron chi connectivity index (χ1n) is 13.4. The molecule has 11 heteroatoms. The molecule has 2 aromatic rings. The van der Waals surface area contributed by atoms with Crippen LogP contribution in [0.15, 0.2) is 10.5 Å². The van der Waals surface area contributed by atoms with Crippen LogP contribution in [0.3, 0.4) is 0 Å². The Kier molecular flexibility index (Phi) is 7.94. The zero-order chi connectivity index (χ0) is 28.1. The Morgan fingerprint density at radius 3 is 2.79 bits per heavy atom. The zero-order valence-corrected chi connectivity index (χ0v) is 26.5. The van der Waals surface area contributed by atoms with E-state index in [0.717, 1.165) is 35.8 Å². The Morgan fingerprint density at radius 2 is 2.15 bits per heavy atom. The van der Waals surface area contributed by atoms with E-state index in [0.29, 0.717) is 52.5 Å². The highest BCUT2D eigenvalue weighted by atomic mass is 127. The highest BCUT2D eigenvalue weighted by Gasteiger charge is 2.59. The van der Waals surface area contributed by atoms with Crippen molar-refractivity contribution in [3.63, 3.8) is 0 Å². The molecule has 1 N–H and O–H groups in total. The van der Waals surface area contributed by atoms with Crippen molar-refractivity contribution < 1.29 is 18.7 Å². The van der Waals surface area contributed by atoms with E-state index in [2.05, 4.69) is 66.8 Å². The molecule has 4 heterocycles.